The third-order valence-corrected chi connectivity index (χ3v) is 4.86. The van der Waals surface area contributed by atoms with Crippen LogP contribution in [-0.2, 0) is 0 Å². The number of aromatic hydroxyl groups is 1. The fourth-order valence-electron chi connectivity index (χ4n) is 3.43. The Balaban J connectivity index is 1.80. The lowest BCUT2D eigenvalue weighted by atomic mass is 9.97. The highest BCUT2D eigenvalue weighted by Gasteiger charge is 2.37. The summed E-state index contributed by atoms with van der Waals surface area (Å²) in [5, 5.41) is 16.2. The average molecular weight is 392 g/mol. The van der Waals surface area contributed by atoms with Crippen molar-refractivity contribution in [1.29, 1.82) is 0 Å². The van der Waals surface area contributed by atoms with Gasteiger partial charge >= 0.3 is 5.91 Å². The van der Waals surface area contributed by atoms with E-state index in [2.05, 4.69) is 5.10 Å². The van der Waals surface area contributed by atoms with Gasteiger partial charge < -0.3 is 19.0 Å². The van der Waals surface area contributed by atoms with Crippen LogP contribution >= 0.6 is 0 Å². The lowest BCUT2D eigenvalue weighted by Crippen LogP contribution is -2.27. The topological polar surface area (TPSA) is 84.5 Å². The minimum absolute atomic E-state index is 0.106. The van der Waals surface area contributed by atoms with Crippen molar-refractivity contribution < 1.29 is 23.8 Å². The number of hydrogen-bond acceptors (Lipinski definition) is 6. The standard InChI is InChI=1S/C22H20N2O5/c1-27-14-9-10-20(28-2)16(12-14)18-13-17(15-6-3-4-7-19(15)25)23-24(18)22(26)21-8-5-11-29-21/h3-12,18,25H,13H2,1-2H3/t18-/m0/s1. The van der Waals surface area contributed by atoms with E-state index < -0.39 is 6.04 Å². The second-order valence-electron chi connectivity index (χ2n) is 6.52. The Morgan fingerprint density at radius 2 is 1.97 bits per heavy atom. The molecule has 7 heteroatoms. The third-order valence-electron chi connectivity index (χ3n) is 4.86. The first kappa shape index (κ1) is 18.6. The zero-order valence-electron chi connectivity index (χ0n) is 16.0. The molecule has 0 saturated carbocycles. The number of phenolic OH excluding ortho intramolecular Hbond substituents is 1. The Bertz CT molecular complexity index is 1060. The van der Waals surface area contributed by atoms with Crippen LogP contribution in [0.5, 0.6) is 17.2 Å². The van der Waals surface area contributed by atoms with Gasteiger partial charge in [0.2, 0.25) is 0 Å². The van der Waals surface area contributed by atoms with Crippen molar-refractivity contribution in [3.8, 4) is 17.2 Å². The smallest absolute Gasteiger partial charge is 0.310 e. The van der Waals surface area contributed by atoms with Crippen LogP contribution < -0.4 is 9.47 Å². The van der Waals surface area contributed by atoms with E-state index in [1.807, 2.05) is 12.1 Å². The normalized spacial score (nSPS) is 15.9. The molecule has 0 saturated heterocycles. The lowest BCUT2D eigenvalue weighted by molar-refractivity contribution is 0.0676. The molecule has 1 N–H and O–H groups in total. The van der Waals surface area contributed by atoms with Gasteiger partial charge in [0.25, 0.3) is 0 Å². The van der Waals surface area contributed by atoms with Crippen LogP contribution in [0.3, 0.4) is 0 Å². The number of rotatable bonds is 5. The summed E-state index contributed by atoms with van der Waals surface area (Å²) in [6.07, 6.45) is 1.84. The molecule has 1 atom stereocenters. The van der Waals surface area contributed by atoms with E-state index in [9.17, 15) is 9.90 Å². The SMILES string of the molecule is COc1ccc(OC)c([C@@H]2CC(c3ccccc3O)=NN2C(=O)c2ccco2)c1. The van der Waals surface area contributed by atoms with Gasteiger partial charge in [0.15, 0.2) is 5.76 Å². The Kier molecular flexibility index (Phi) is 4.95. The number of nitrogens with zero attached hydrogens (tertiary/aromatic N) is 2. The number of hydrogen-bond donors (Lipinski definition) is 1. The van der Waals surface area contributed by atoms with Gasteiger partial charge in [-0.1, -0.05) is 12.1 Å². The van der Waals surface area contributed by atoms with Gasteiger partial charge in [0.05, 0.1) is 32.2 Å². The van der Waals surface area contributed by atoms with E-state index in [0.29, 0.717) is 29.2 Å². The molecule has 1 aromatic heterocycles. The van der Waals surface area contributed by atoms with Crippen molar-refractivity contribution in [1.82, 2.24) is 5.01 Å². The number of furan rings is 1. The van der Waals surface area contributed by atoms with E-state index in [1.54, 1.807) is 56.7 Å². The molecule has 7 nitrogen and oxygen atoms in total. The fourth-order valence-corrected chi connectivity index (χ4v) is 3.43. The first-order valence-electron chi connectivity index (χ1n) is 9.07. The van der Waals surface area contributed by atoms with Crippen molar-refractivity contribution >= 4 is 11.6 Å². The summed E-state index contributed by atoms with van der Waals surface area (Å²) in [7, 11) is 3.15. The van der Waals surface area contributed by atoms with Crippen molar-refractivity contribution in [2.24, 2.45) is 5.10 Å². The van der Waals surface area contributed by atoms with E-state index in [-0.39, 0.29) is 17.4 Å². The van der Waals surface area contributed by atoms with Crippen LogP contribution in [0.25, 0.3) is 0 Å². The molecule has 0 fully saturated rings. The second kappa shape index (κ2) is 7.71. The molecule has 0 bridgehead atoms. The number of phenols is 1. The number of hydrazone groups is 1. The molecule has 148 valence electrons. The molecule has 0 spiro atoms. The molecule has 4 rings (SSSR count). The van der Waals surface area contributed by atoms with Crippen molar-refractivity contribution in [3.05, 3.63) is 77.7 Å². The number of ether oxygens (including phenoxy) is 2. The summed E-state index contributed by atoms with van der Waals surface area (Å²) >= 11 is 0. The molecule has 29 heavy (non-hydrogen) atoms. The maximum absolute atomic E-state index is 13.1. The monoisotopic (exact) mass is 392 g/mol. The summed E-state index contributed by atoms with van der Waals surface area (Å²) in [5.41, 5.74) is 1.92. The van der Waals surface area contributed by atoms with Gasteiger partial charge in [-0.05, 0) is 42.5 Å². The summed E-state index contributed by atoms with van der Waals surface area (Å²) in [4.78, 5) is 13.1. The molecule has 0 unspecified atom stereocenters. The molecule has 2 aromatic carbocycles. The molecule has 3 aromatic rings. The van der Waals surface area contributed by atoms with Gasteiger partial charge in [0.1, 0.15) is 17.2 Å². The van der Waals surface area contributed by atoms with E-state index in [4.69, 9.17) is 13.9 Å². The number of carbonyl (C=O) groups is 1. The number of amides is 1. The summed E-state index contributed by atoms with van der Waals surface area (Å²) in [6, 6.07) is 15.1. The van der Waals surface area contributed by atoms with Crippen LogP contribution in [0, 0.1) is 0 Å². The summed E-state index contributed by atoms with van der Waals surface area (Å²) in [5.74, 6) is 1.16. The molecule has 0 aliphatic carbocycles. The van der Waals surface area contributed by atoms with Crippen molar-refractivity contribution in [3.63, 3.8) is 0 Å². The molecule has 1 aliphatic rings. The van der Waals surface area contributed by atoms with Gasteiger partial charge in [0, 0.05) is 17.5 Å². The number of para-hydroxylation sites is 1. The predicted octanol–water partition coefficient (Wildman–Crippen LogP) is 3.99. The first-order chi connectivity index (χ1) is 14.1. The number of methoxy groups -OCH3 is 2. The summed E-state index contributed by atoms with van der Waals surface area (Å²) in [6.45, 7) is 0. The first-order valence-corrected chi connectivity index (χ1v) is 9.07. The molecule has 1 aliphatic heterocycles. The van der Waals surface area contributed by atoms with E-state index >= 15 is 0 Å². The Morgan fingerprint density at radius 3 is 2.66 bits per heavy atom. The molecular weight excluding hydrogens is 372 g/mol. The Hall–Kier alpha value is -3.74. The Labute approximate surface area is 167 Å². The van der Waals surface area contributed by atoms with Crippen LogP contribution in [0.1, 0.15) is 34.1 Å². The minimum Gasteiger partial charge on any atom is -0.507 e. The average Bonchev–Trinajstić information content (AvgIpc) is 3.43. The maximum Gasteiger partial charge on any atom is 0.310 e. The van der Waals surface area contributed by atoms with E-state index in [0.717, 1.165) is 5.56 Å². The van der Waals surface area contributed by atoms with Crippen LogP contribution in [0.15, 0.2) is 70.4 Å². The lowest BCUT2D eigenvalue weighted by Gasteiger charge is -2.23. The maximum atomic E-state index is 13.1. The van der Waals surface area contributed by atoms with Gasteiger partial charge in [-0.25, -0.2) is 5.01 Å². The predicted molar refractivity (Wildman–Crippen MR) is 106 cm³/mol. The zero-order chi connectivity index (χ0) is 20.4. The molecule has 0 radical (unpaired) electrons. The highest BCUT2D eigenvalue weighted by atomic mass is 16.5. The van der Waals surface area contributed by atoms with Crippen LogP contribution in [0.4, 0.5) is 0 Å². The number of benzene rings is 2. The molecule has 2 heterocycles. The van der Waals surface area contributed by atoms with Crippen molar-refractivity contribution in [2.75, 3.05) is 14.2 Å². The number of carbonyl (C=O) groups excluding carboxylic acids is 1. The van der Waals surface area contributed by atoms with E-state index in [1.165, 1.54) is 11.3 Å². The Morgan fingerprint density at radius 1 is 1.14 bits per heavy atom. The fraction of sp³-hybridized carbons (Fsp3) is 0.182. The summed E-state index contributed by atoms with van der Waals surface area (Å²) < 4.78 is 16.2. The minimum atomic E-state index is -0.452. The van der Waals surface area contributed by atoms with Gasteiger partial charge in [-0.2, -0.15) is 5.10 Å². The zero-order valence-corrected chi connectivity index (χ0v) is 16.0. The molecular formula is C22H20N2O5. The highest BCUT2D eigenvalue weighted by molar-refractivity contribution is 6.06. The quantitative estimate of drug-likeness (QED) is 0.710. The largest absolute Gasteiger partial charge is 0.507 e. The third kappa shape index (κ3) is 3.42. The highest BCUT2D eigenvalue weighted by Crippen LogP contribution is 2.40. The van der Waals surface area contributed by atoms with Crippen LogP contribution in [0.2, 0.25) is 0 Å². The second-order valence-corrected chi connectivity index (χ2v) is 6.52. The van der Waals surface area contributed by atoms with Crippen LogP contribution in [-0.4, -0.2) is 36.0 Å². The molecule has 1 amide bonds. The van der Waals surface area contributed by atoms with Crippen molar-refractivity contribution in [2.45, 2.75) is 12.5 Å². The van der Waals surface area contributed by atoms with Gasteiger partial charge in [-0.15, -0.1) is 0 Å². The van der Waals surface area contributed by atoms with Gasteiger partial charge in [-0.3, -0.25) is 4.79 Å².